The van der Waals surface area contributed by atoms with Crippen LogP contribution in [0.3, 0.4) is 0 Å². The van der Waals surface area contributed by atoms with Gasteiger partial charge >= 0.3 is 0 Å². The maximum atomic E-state index is 5.95. The van der Waals surface area contributed by atoms with Crippen molar-refractivity contribution in [1.29, 1.82) is 0 Å². The van der Waals surface area contributed by atoms with E-state index in [4.69, 9.17) is 10.5 Å². The summed E-state index contributed by atoms with van der Waals surface area (Å²) in [4.78, 5) is 4.22. The van der Waals surface area contributed by atoms with E-state index in [2.05, 4.69) is 21.8 Å². The lowest BCUT2D eigenvalue weighted by molar-refractivity contribution is 0.417. The Bertz CT molecular complexity index is 689. The highest BCUT2D eigenvalue weighted by Gasteiger charge is 2.09. The molecule has 0 bridgehead atoms. The van der Waals surface area contributed by atoms with E-state index >= 15 is 0 Å². The first-order chi connectivity index (χ1) is 9.29. The van der Waals surface area contributed by atoms with Crippen LogP contribution in [-0.4, -0.2) is 16.7 Å². The molecule has 2 aromatic heterocycles. The van der Waals surface area contributed by atoms with Crippen LogP contribution in [0.4, 0.5) is 5.69 Å². The van der Waals surface area contributed by atoms with Gasteiger partial charge < -0.3 is 10.5 Å². The molecule has 0 atom stereocenters. The first-order valence-electron chi connectivity index (χ1n) is 5.78. The molecule has 0 aliphatic rings. The highest BCUT2D eigenvalue weighted by Crippen LogP contribution is 2.28. The van der Waals surface area contributed by atoms with Crippen molar-refractivity contribution >= 4 is 17.0 Å². The van der Waals surface area contributed by atoms with Crippen LogP contribution < -0.4 is 10.5 Å². The average molecular weight is 271 g/mol. The van der Waals surface area contributed by atoms with Gasteiger partial charge in [-0.3, -0.25) is 4.57 Å². The second-order valence-electron chi connectivity index (χ2n) is 4.09. The van der Waals surface area contributed by atoms with Crippen molar-refractivity contribution in [2.24, 2.45) is 0 Å². The van der Waals surface area contributed by atoms with Crippen molar-refractivity contribution in [1.82, 2.24) is 9.55 Å². The zero-order valence-electron chi connectivity index (χ0n) is 10.4. The second kappa shape index (κ2) is 4.78. The molecule has 0 fully saturated rings. The van der Waals surface area contributed by atoms with Gasteiger partial charge in [0.05, 0.1) is 31.0 Å². The topological polar surface area (TPSA) is 53.1 Å². The Hall–Kier alpha value is -2.27. The summed E-state index contributed by atoms with van der Waals surface area (Å²) in [7, 11) is 1.61. The first kappa shape index (κ1) is 11.8. The van der Waals surface area contributed by atoms with Gasteiger partial charge in [-0.1, -0.05) is 0 Å². The number of imidazole rings is 1. The van der Waals surface area contributed by atoms with Crippen molar-refractivity contribution in [3.63, 3.8) is 0 Å². The van der Waals surface area contributed by atoms with Gasteiger partial charge in [0, 0.05) is 16.6 Å². The number of ether oxygens (including phenoxy) is 1. The number of nitrogens with two attached hydrogens (primary N) is 1. The maximum absolute atomic E-state index is 5.95. The Kier molecular flexibility index (Phi) is 2.97. The van der Waals surface area contributed by atoms with Gasteiger partial charge in [-0.2, -0.15) is 11.3 Å². The van der Waals surface area contributed by atoms with E-state index in [9.17, 15) is 0 Å². The number of hydrogen-bond acceptors (Lipinski definition) is 4. The summed E-state index contributed by atoms with van der Waals surface area (Å²) in [5.74, 6) is 0.681. The van der Waals surface area contributed by atoms with Crippen LogP contribution in [0.1, 0.15) is 0 Å². The van der Waals surface area contributed by atoms with Gasteiger partial charge in [0.25, 0.3) is 0 Å². The minimum Gasteiger partial charge on any atom is -0.495 e. The number of nitrogens with zero attached hydrogens (tertiary/aromatic N) is 2. The minimum absolute atomic E-state index is 0.616. The molecule has 0 unspecified atom stereocenters. The summed E-state index contributed by atoms with van der Waals surface area (Å²) in [6.07, 6.45) is 3.64. The van der Waals surface area contributed by atoms with Crippen molar-refractivity contribution in [3.8, 4) is 22.7 Å². The van der Waals surface area contributed by atoms with E-state index in [-0.39, 0.29) is 0 Å². The van der Waals surface area contributed by atoms with E-state index < -0.39 is 0 Å². The SMILES string of the molecule is COc1ccc(-n2cncc2-c2ccsc2)cc1N. The molecule has 4 nitrogen and oxygen atoms in total. The van der Waals surface area contributed by atoms with Gasteiger partial charge in [-0.15, -0.1) is 0 Å². The molecule has 0 radical (unpaired) electrons. The number of anilines is 1. The summed E-state index contributed by atoms with van der Waals surface area (Å²) in [6, 6.07) is 7.79. The quantitative estimate of drug-likeness (QED) is 0.744. The molecule has 0 amide bonds. The summed E-state index contributed by atoms with van der Waals surface area (Å²) in [5, 5.41) is 4.15. The fourth-order valence-electron chi connectivity index (χ4n) is 2.00. The Morgan fingerprint density at radius 1 is 1.32 bits per heavy atom. The van der Waals surface area contributed by atoms with Crippen molar-refractivity contribution in [2.45, 2.75) is 0 Å². The number of aromatic nitrogens is 2. The Labute approximate surface area is 115 Å². The lowest BCUT2D eigenvalue weighted by Gasteiger charge is -2.10. The standard InChI is InChI=1S/C14H13N3OS/c1-18-14-3-2-11(6-12(14)15)17-9-16-7-13(17)10-4-5-19-8-10/h2-9H,15H2,1H3. The third-order valence-corrected chi connectivity index (χ3v) is 3.63. The molecule has 0 saturated carbocycles. The molecule has 3 rings (SSSR count). The van der Waals surface area contributed by atoms with Gasteiger partial charge in [0.2, 0.25) is 0 Å². The Morgan fingerprint density at radius 3 is 2.89 bits per heavy atom. The molecule has 2 N–H and O–H groups in total. The Morgan fingerprint density at radius 2 is 2.21 bits per heavy atom. The molecule has 2 heterocycles. The maximum Gasteiger partial charge on any atom is 0.141 e. The first-order valence-corrected chi connectivity index (χ1v) is 6.72. The molecule has 3 aromatic rings. The predicted octanol–water partition coefficient (Wildman–Crippen LogP) is 3.19. The predicted molar refractivity (Wildman–Crippen MR) is 77.8 cm³/mol. The van der Waals surface area contributed by atoms with Crippen LogP contribution in [0.2, 0.25) is 0 Å². The van der Waals surface area contributed by atoms with E-state index in [1.807, 2.05) is 29.0 Å². The third kappa shape index (κ3) is 2.08. The number of rotatable bonds is 3. The Balaban J connectivity index is 2.08. The van der Waals surface area contributed by atoms with Crippen molar-refractivity contribution < 1.29 is 4.74 Å². The van der Waals surface area contributed by atoms with Crippen LogP contribution in [0.15, 0.2) is 47.5 Å². The molecule has 96 valence electrons. The van der Waals surface area contributed by atoms with Crippen molar-refractivity contribution in [3.05, 3.63) is 47.5 Å². The molecule has 1 aromatic carbocycles. The van der Waals surface area contributed by atoms with Crippen LogP contribution in [0.25, 0.3) is 16.9 Å². The molecule has 0 spiro atoms. The van der Waals surface area contributed by atoms with E-state index in [0.29, 0.717) is 11.4 Å². The monoisotopic (exact) mass is 271 g/mol. The second-order valence-corrected chi connectivity index (χ2v) is 4.87. The largest absolute Gasteiger partial charge is 0.495 e. The number of nitrogen functional groups attached to an aromatic ring is 1. The lowest BCUT2D eigenvalue weighted by Crippen LogP contribution is -1.98. The fraction of sp³-hybridized carbons (Fsp3) is 0.0714. The van der Waals surface area contributed by atoms with E-state index in [1.54, 1.807) is 24.8 Å². The van der Waals surface area contributed by atoms with Gasteiger partial charge in [-0.05, 0) is 29.6 Å². The van der Waals surface area contributed by atoms with Crippen molar-refractivity contribution in [2.75, 3.05) is 12.8 Å². The fourth-order valence-corrected chi connectivity index (χ4v) is 2.65. The zero-order valence-corrected chi connectivity index (χ0v) is 11.2. The smallest absolute Gasteiger partial charge is 0.141 e. The lowest BCUT2D eigenvalue weighted by atomic mass is 10.2. The van der Waals surface area contributed by atoms with Crippen LogP contribution in [-0.2, 0) is 0 Å². The highest BCUT2D eigenvalue weighted by atomic mass is 32.1. The summed E-state index contributed by atoms with van der Waals surface area (Å²) in [5.41, 5.74) is 9.73. The molecular formula is C14H13N3OS. The third-order valence-electron chi connectivity index (χ3n) is 2.95. The molecule has 0 saturated heterocycles. The minimum atomic E-state index is 0.616. The summed E-state index contributed by atoms with van der Waals surface area (Å²) >= 11 is 1.67. The van der Waals surface area contributed by atoms with Crippen LogP contribution in [0.5, 0.6) is 5.75 Å². The highest BCUT2D eigenvalue weighted by molar-refractivity contribution is 7.08. The molecule has 0 aliphatic heterocycles. The number of thiophene rings is 1. The van der Waals surface area contributed by atoms with Gasteiger partial charge in [0.15, 0.2) is 0 Å². The number of hydrogen-bond donors (Lipinski definition) is 1. The summed E-state index contributed by atoms with van der Waals surface area (Å²) in [6.45, 7) is 0. The van der Waals surface area contributed by atoms with E-state index in [0.717, 1.165) is 16.9 Å². The molecular weight excluding hydrogens is 258 g/mol. The number of methoxy groups -OCH3 is 1. The van der Waals surface area contributed by atoms with Crippen LogP contribution >= 0.6 is 11.3 Å². The zero-order chi connectivity index (χ0) is 13.2. The molecule has 0 aliphatic carbocycles. The summed E-state index contributed by atoms with van der Waals surface area (Å²) < 4.78 is 7.18. The average Bonchev–Trinajstić information content (AvgIpc) is 3.09. The van der Waals surface area contributed by atoms with Crippen LogP contribution in [0, 0.1) is 0 Å². The van der Waals surface area contributed by atoms with Gasteiger partial charge in [0.1, 0.15) is 5.75 Å². The number of benzene rings is 1. The molecule has 19 heavy (non-hydrogen) atoms. The normalized spacial score (nSPS) is 10.6. The van der Waals surface area contributed by atoms with E-state index in [1.165, 1.54) is 0 Å². The molecule has 5 heteroatoms. The van der Waals surface area contributed by atoms with Gasteiger partial charge in [-0.25, -0.2) is 4.98 Å².